The molecule has 25 heavy (non-hydrogen) atoms. The minimum absolute atomic E-state index is 0.0359. The fourth-order valence-corrected chi connectivity index (χ4v) is 2.75. The summed E-state index contributed by atoms with van der Waals surface area (Å²) in [6.45, 7) is 12.2. The molecule has 140 valence electrons. The molecule has 0 saturated carbocycles. The van der Waals surface area contributed by atoms with Crippen LogP contribution >= 0.6 is 0 Å². The van der Waals surface area contributed by atoms with Crippen LogP contribution in [0, 0.1) is 19.8 Å². The van der Waals surface area contributed by atoms with Gasteiger partial charge in [-0.15, -0.1) is 0 Å². The number of amides is 2. The fraction of sp³-hybridized carbons (Fsp3) is 0.611. The van der Waals surface area contributed by atoms with Crippen molar-refractivity contribution < 1.29 is 19.1 Å². The zero-order valence-electron chi connectivity index (χ0n) is 16.0. The van der Waals surface area contributed by atoms with Crippen molar-refractivity contribution in [2.75, 3.05) is 26.2 Å². The number of esters is 1. The molecule has 0 saturated heterocycles. The number of ether oxygens (including phenoxy) is 1. The first-order valence-electron chi connectivity index (χ1n) is 8.65. The van der Waals surface area contributed by atoms with Crippen molar-refractivity contribution in [1.29, 1.82) is 0 Å². The van der Waals surface area contributed by atoms with Gasteiger partial charge in [0.1, 0.15) is 5.69 Å². The van der Waals surface area contributed by atoms with Gasteiger partial charge in [-0.3, -0.25) is 4.79 Å². The van der Waals surface area contributed by atoms with Crippen molar-refractivity contribution in [2.45, 2.75) is 41.5 Å². The van der Waals surface area contributed by atoms with E-state index in [1.54, 1.807) is 20.8 Å². The monoisotopic (exact) mass is 351 g/mol. The molecule has 1 aromatic rings. The van der Waals surface area contributed by atoms with Crippen LogP contribution in [0.5, 0.6) is 0 Å². The molecule has 1 rings (SSSR count). The van der Waals surface area contributed by atoms with Crippen LogP contribution in [0.25, 0.3) is 0 Å². The van der Waals surface area contributed by atoms with Crippen molar-refractivity contribution >= 4 is 17.8 Å². The standard InChI is InChI=1S/C18H29N3O4/c1-7-19-18(24)21(9-11(3)4)10-14(22)15-12(5)16(20-13(15)6)17(23)25-8-2/h11,20H,7-10H2,1-6H3,(H,19,24). The third-order valence-corrected chi connectivity index (χ3v) is 3.73. The number of hydrogen-bond acceptors (Lipinski definition) is 4. The number of hydrogen-bond donors (Lipinski definition) is 2. The van der Waals surface area contributed by atoms with Crippen molar-refractivity contribution in [3.05, 3.63) is 22.5 Å². The number of aryl methyl sites for hydroxylation is 1. The molecule has 1 aromatic heterocycles. The summed E-state index contributed by atoms with van der Waals surface area (Å²) in [4.78, 5) is 41.4. The molecule has 2 amide bonds. The Hall–Kier alpha value is -2.31. The number of urea groups is 1. The average Bonchev–Trinajstić information content (AvgIpc) is 2.81. The van der Waals surface area contributed by atoms with Crippen LogP contribution in [0.4, 0.5) is 4.79 Å². The van der Waals surface area contributed by atoms with E-state index < -0.39 is 5.97 Å². The molecular weight excluding hydrogens is 322 g/mol. The molecule has 2 N–H and O–H groups in total. The number of ketones is 1. The summed E-state index contributed by atoms with van der Waals surface area (Å²) < 4.78 is 5.00. The Balaban J connectivity index is 3.05. The lowest BCUT2D eigenvalue weighted by molar-refractivity contribution is 0.0519. The topological polar surface area (TPSA) is 91.5 Å². The van der Waals surface area contributed by atoms with Gasteiger partial charge in [0.25, 0.3) is 0 Å². The Morgan fingerprint density at radius 2 is 1.84 bits per heavy atom. The van der Waals surface area contributed by atoms with E-state index in [1.165, 1.54) is 4.90 Å². The van der Waals surface area contributed by atoms with Crippen molar-refractivity contribution in [2.24, 2.45) is 5.92 Å². The highest BCUT2D eigenvalue weighted by atomic mass is 16.5. The van der Waals surface area contributed by atoms with E-state index in [4.69, 9.17) is 4.74 Å². The van der Waals surface area contributed by atoms with Crippen LogP contribution in [0.1, 0.15) is 59.8 Å². The number of aromatic nitrogens is 1. The van der Waals surface area contributed by atoms with E-state index in [1.807, 2.05) is 20.8 Å². The lowest BCUT2D eigenvalue weighted by atomic mass is 10.0. The smallest absolute Gasteiger partial charge is 0.355 e. The maximum atomic E-state index is 12.8. The van der Waals surface area contributed by atoms with Crippen molar-refractivity contribution in [3.8, 4) is 0 Å². The predicted molar refractivity (Wildman–Crippen MR) is 96.0 cm³/mol. The number of carbonyl (C=O) groups excluding carboxylic acids is 3. The van der Waals surface area contributed by atoms with Crippen molar-refractivity contribution in [3.63, 3.8) is 0 Å². The maximum Gasteiger partial charge on any atom is 0.355 e. The normalized spacial score (nSPS) is 10.7. The van der Waals surface area contributed by atoms with Gasteiger partial charge >= 0.3 is 12.0 Å². The molecule has 0 aromatic carbocycles. The van der Waals surface area contributed by atoms with Crippen molar-refractivity contribution in [1.82, 2.24) is 15.2 Å². The second kappa shape index (κ2) is 9.25. The van der Waals surface area contributed by atoms with Gasteiger partial charge in [0.05, 0.1) is 13.2 Å². The molecule has 7 heteroatoms. The van der Waals surface area contributed by atoms with Crippen LogP contribution in [0.3, 0.4) is 0 Å². The van der Waals surface area contributed by atoms with E-state index in [0.29, 0.717) is 29.9 Å². The van der Waals surface area contributed by atoms with Gasteiger partial charge in [0.2, 0.25) is 0 Å². The molecule has 0 atom stereocenters. The van der Waals surface area contributed by atoms with Crippen LogP contribution < -0.4 is 5.32 Å². The SMILES string of the molecule is CCNC(=O)N(CC(=O)c1c(C)[nH]c(C(=O)OCC)c1C)CC(C)C. The molecule has 1 heterocycles. The number of Topliss-reactive ketones (excluding diaryl/α,β-unsaturated/α-hetero) is 1. The Morgan fingerprint density at radius 1 is 1.20 bits per heavy atom. The van der Waals surface area contributed by atoms with E-state index >= 15 is 0 Å². The van der Waals surface area contributed by atoms with Gasteiger partial charge in [-0.05, 0) is 39.2 Å². The number of nitrogens with zero attached hydrogens (tertiary/aromatic N) is 1. The first-order valence-corrected chi connectivity index (χ1v) is 8.65. The summed E-state index contributed by atoms with van der Waals surface area (Å²) in [6.07, 6.45) is 0. The highest BCUT2D eigenvalue weighted by Crippen LogP contribution is 2.20. The van der Waals surface area contributed by atoms with Crippen LogP contribution in [-0.2, 0) is 4.74 Å². The minimum Gasteiger partial charge on any atom is -0.461 e. The van der Waals surface area contributed by atoms with Gasteiger partial charge in [0, 0.05) is 24.3 Å². The number of rotatable bonds is 8. The number of nitrogens with one attached hydrogen (secondary N) is 2. The lowest BCUT2D eigenvalue weighted by Gasteiger charge is -2.24. The second-order valence-corrected chi connectivity index (χ2v) is 6.38. The fourth-order valence-electron chi connectivity index (χ4n) is 2.75. The molecule has 0 radical (unpaired) electrons. The maximum absolute atomic E-state index is 12.8. The van der Waals surface area contributed by atoms with Gasteiger partial charge in [-0.1, -0.05) is 13.8 Å². The molecule has 7 nitrogen and oxygen atoms in total. The van der Waals surface area contributed by atoms with Crippen LogP contribution in [-0.4, -0.2) is 53.9 Å². The number of carbonyl (C=O) groups is 3. The summed E-state index contributed by atoms with van der Waals surface area (Å²) in [7, 11) is 0. The van der Waals surface area contributed by atoms with E-state index in [9.17, 15) is 14.4 Å². The first-order chi connectivity index (χ1) is 11.7. The Morgan fingerprint density at radius 3 is 2.36 bits per heavy atom. The molecule has 0 aliphatic heterocycles. The third kappa shape index (κ3) is 5.34. The molecule has 0 unspecified atom stereocenters. The van der Waals surface area contributed by atoms with E-state index in [-0.39, 0.29) is 36.6 Å². The second-order valence-electron chi connectivity index (χ2n) is 6.38. The summed E-state index contributed by atoms with van der Waals surface area (Å²) in [5, 5.41) is 2.73. The molecular formula is C18H29N3O4. The average molecular weight is 351 g/mol. The van der Waals surface area contributed by atoms with Gasteiger partial charge in [-0.25, -0.2) is 9.59 Å². The van der Waals surface area contributed by atoms with Gasteiger partial charge in [-0.2, -0.15) is 0 Å². The third-order valence-electron chi connectivity index (χ3n) is 3.73. The predicted octanol–water partition coefficient (Wildman–Crippen LogP) is 2.68. The molecule has 0 fully saturated rings. The number of H-pyrrole nitrogens is 1. The van der Waals surface area contributed by atoms with Gasteiger partial charge in [0.15, 0.2) is 5.78 Å². The van der Waals surface area contributed by atoms with Crippen LogP contribution in [0.2, 0.25) is 0 Å². The lowest BCUT2D eigenvalue weighted by Crippen LogP contribution is -2.44. The largest absolute Gasteiger partial charge is 0.461 e. The van der Waals surface area contributed by atoms with E-state index in [2.05, 4.69) is 10.3 Å². The Labute approximate surface area is 149 Å². The number of aromatic amines is 1. The molecule has 0 spiro atoms. The van der Waals surface area contributed by atoms with Crippen LogP contribution in [0.15, 0.2) is 0 Å². The zero-order valence-corrected chi connectivity index (χ0v) is 16.0. The summed E-state index contributed by atoms with van der Waals surface area (Å²) in [5.41, 5.74) is 1.89. The first kappa shape index (κ1) is 20.7. The molecule has 0 bridgehead atoms. The van der Waals surface area contributed by atoms with Gasteiger partial charge < -0.3 is 19.9 Å². The summed E-state index contributed by atoms with van der Waals surface area (Å²) >= 11 is 0. The Bertz CT molecular complexity index is 635. The quantitative estimate of drug-likeness (QED) is 0.556. The molecule has 0 aliphatic rings. The van der Waals surface area contributed by atoms with E-state index in [0.717, 1.165) is 0 Å². The highest BCUT2D eigenvalue weighted by molar-refractivity contribution is 6.04. The highest BCUT2D eigenvalue weighted by Gasteiger charge is 2.25. The Kier molecular flexibility index (Phi) is 7.67. The molecule has 0 aliphatic carbocycles. The minimum atomic E-state index is -0.482. The summed E-state index contributed by atoms with van der Waals surface area (Å²) in [5.74, 6) is -0.447. The zero-order chi connectivity index (χ0) is 19.1. The summed E-state index contributed by atoms with van der Waals surface area (Å²) in [6, 6.07) is -0.263.